The summed E-state index contributed by atoms with van der Waals surface area (Å²) in [5.74, 6) is 1.42. The largest absolute Gasteiger partial charge is 0.411 e. The first kappa shape index (κ1) is 15.8. The van der Waals surface area contributed by atoms with Crippen molar-refractivity contribution in [3.8, 4) is 11.5 Å². The van der Waals surface area contributed by atoms with Gasteiger partial charge in [-0.25, -0.2) is 0 Å². The van der Waals surface area contributed by atoms with E-state index in [0.29, 0.717) is 11.1 Å². The van der Waals surface area contributed by atoms with Crippen LogP contribution in [0.2, 0.25) is 0 Å². The topological polar surface area (TPSA) is 38.9 Å². The molecule has 2 aromatic carbocycles. The first-order chi connectivity index (χ1) is 11.0. The van der Waals surface area contributed by atoms with Crippen LogP contribution in [-0.2, 0) is 5.75 Å². The van der Waals surface area contributed by atoms with Crippen molar-refractivity contribution in [2.24, 2.45) is 0 Å². The Morgan fingerprint density at radius 2 is 1.65 bits per heavy atom. The van der Waals surface area contributed by atoms with Crippen LogP contribution in [0, 0.1) is 27.7 Å². The van der Waals surface area contributed by atoms with Gasteiger partial charge in [0.05, 0.1) is 0 Å². The average molecular weight is 324 g/mol. The molecule has 0 radical (unpaired) electrons. The molecule has 0 amide bonds. The predicted molar refractivity (Wildman–Crippen MR) is 94.7 cm³/mol. The van der Waals surface area contributed by atoms with Gasteiger partial charge in [-0.3, -0.25) is 0 Å². The molecule has 0 unspecified atom stereocenters. The Morgan fingerprint density at radius 3 is 2.43 bits per heavy atom. The van der Waals surface area contributed by atoms with Gasteiger partial charge in [0.2, 0.25) is 5.89 Å². The molecule has 4 heteroatoms. The van der Waals surface area contributed by atoms with E-state index in [9.17, 15) is 0 Å². The van der Waals surface area contributed by atoms with E-state index in [-0.39, 0.29) is 0 Å². The molecule has 118 valence electrons. The maximum Gasteiger partial charge on any atom is 0.277 e. The summed E-state index contributed by atoms with van der Waals surface area (Å²) in [5.41, 5.74) is 7.33. The maximum atomic E-state index is 5.80. The van der Waals surface area contributed by atoms with Crippen LogP contribution in [-0.4, -0.2) is 10.2 Å². The van der Waals surface area contributed by atoms with Crippen molar-refractivity contribution in [1.82, 2.24) is 10.2 Å². The highest BCUT2D eigenvalue weighted by Gasteiger charge is 2.10. The van der Waals surface area contributed by atoms with Gasteiger partial charge >= 0.3 is 0 Å². The molecule has 0 fully saturated rings. The number of aryl methyl sites for hydroxylation is 4. The van der Waals surface area contributed by atoms with Crippen LogP contribution in [0.15, 0.2) is 46.0 Å². The number of thioether (sulfide) groups is 1. The Balaban J connectivity index is 1.74. The zero-order valence-corrected chi connectivity index (χ0v) is 14.7. The SMILES string of the molecule is Cc1ccc(C)c(CSc2nnc(-c3ccc(C)c(C)c3)o2)c1. The summed E-state index contributed by atoms with van der Waals surface area (Å²) in [6.45, 7) is 8.42. The van der Waals surface area contributed by atoms with Crippen molar-refractivity contribution in [1.29, 1.82) is 0 Å². The summed E-state index contributed by atoms with van der Waals surface area (Å²) in [4.78, 5) is 0. The number of aromatic nitrogens is 2. The molecule has 0 aliphatic heterocycles. The minimum atomic E-state index is 0.580. The highest BCUT2D eigenvalue weighted by molar-refractivity contribution is 7.98. The third-order valence-electron chi connectivity index (χ3n) is 4.02. The molecule has 3 rings (SSSR count). The number of benzene rings is 2. The standard InChI is InChI=1S/C19H20N2OS/c1-12-5-6-14(3)17(9-12)11-23-19-21-20-18(22-19)16-8-7-13(2)15(4)10-16/h5-10H,11H2,1-4H3. The highest BCUT2D eigenvalue weighted by atomic mass is 32.2. The second-order valence-electron chi connectivity index (χ2n) is 5.89. The average Bonchev–Trinajstić information content (AvgIpc) is 3.00. The van der Waals surface area contributed by atoms with Gasteiger partial charge in [-0.2, -0.15) is 0 Å². The molecular weight excluding hydrogens is 304 g/mol. The van der Waals surface area contributed by atoms with Crippen LogP contribution in [0.25, 0.3) is 11.5 Å². The fourth-order valence-electron chi connectivity index (χ4n) is 2.35. The third-order valence-corrected chi connectivity index (χ3v) is 4.88. The van der Waals surface area contributed by atoms with Crippen LogP contribution >= 0.6 is 11.8 Å². The van der Waals surface area contributed by atoms with Crippen LogP contribution in [0.1, 0.15) is 27.8 Å². The summed E-state index contributed by atoms with van der Waals surface area (Å²) in [5, 5.41) is 8.94. The molecule has 0 bridgehead atoms. The lowest BCUT2D eigenvalue weighted by atomic mass is 10.1. The molecule has 0 saturated heterocycles. The van der Waals surface area contributed by atoms with Crippen molar-refractivity contribution in [2.45, 2.75) is 38.7 Å². The smallest absolute Gasteiger partial charge is 0.277 e. The molecule has 3 nitrogen and oxygen atoms in total. The van der Waals surface area contributed by atoms with E-state index in [1.165, 1.54) is 27.8 Å². The zero-order valence-electron chi connectivity index (χ0n) is 13.9. The van der Waals surface area contributed by atoms with Gasteiger partial charge in [-0.15, -0.1) is 10.2 Å². The Kier molecular flexibility index (Phi) is 4.53. The number of rotatable bonds is 4. The van der Waals surface area contributed by atoms with Gasteiger partial charge in [0, 0.05) is 11.3 Å². The molecule has 23 heavy (non-hydrogen) atoms. The monoisotopic (exact) mass is 324 g/mol. The molecule has 3 aromatic rings. The molecule has 0 N–H and O–H groups in total. The normalized spacial score (nSPS) is 11.0. The second-order valence-corrected chi connectivity index (χ2v) is 6.82. The summed E-state index contributed by atoms with van der Waals surface area (Å²) in [6, 6.07) is 12.7. The number of hydrogen-bond donors (Lipinski definition) is 0. The van der Waals surface area contributed by atoms with Crippen LogP contribution < -0.4 is 0 Å². The van der Waals surface area contributed by atoms with E-state index >= 15 is 0 Å². The van der Waals surface area contributed by atoms with Gasteiger partial charge < -0.3 is 4.42 Å². The van der Waals surface area contributed by atoms with Crippen LogP contribution in [0.5, 0.6) is 0 Å². The van der Waals surface area contributed by atoms with Crippen molar-refractivity contribution in [2.75, 3.05) is 0 Å². The Morgan fingerprint density at radius 1 is 0.870 bits per heavy atom. The minimum absolute atomic E-state index is 0.580. The summed E-state index contributed by atoms with van der Waals surface area (Å²) < 4.78 is 5.80. The summed E-state index contributed by atoms with van der Waals surface area (Å²) in [6.07, 6.45) is 0. The van der Waals surface area contributed by atoms with Crippen molar-refractivity contribution < 1.29 is 4.42 Å². The molecular formula is C19H20N2OS. The summed E-state index contributed by atoms with van der Waals surface area (Å²) >= 11 is 1.58. The first-order valence-corrected chi connectivity index (χ1v) is 8.61. The van der Waals surface area contributed by atoms with Gasteiger partial charge in [0.15, 0.2) is 0 Å². The van der Waals surface area contributed by atoms with Crippen LogP contribution in [0.4, 0.5) is 0 Å². The minimum Gasteiger partial charge on any atom is -0.411 e. The van der Waals surface area contributed by atoms with Gasteiger partial charge in [-0.05, 0) is 62.1 Å². The van der Waals surface area contributed by atoms with E-state index in [0.717, 1.165) is 11.3 Å². The molecule has 0 aliphatic carbocycles. The lowest BCUT2D eigenvalue weighted by Crippen LogP contribution is -1.87. The highest BCUT2D eigenvalue weighted by Crippen LogP contribution is 2.27. The second kappa shape index (κ2) is 6.59. The fourth-order valence-corrected chi connectivity index (χ4v) is 3.18. The lowest BCUT2D eigenvalue weighted by molar-refractivity contribution is 0.466. The molecule has 0 saturated carbocycles. The summed E-state index contributed by atoms with van der Waals surface area (Å²) in [7, 11) is 0. The molecule has 0 aliphatic rings. The molecule has 1 heterocycles. The fraction of sp³-hybridized carbons (Fsp3) is 0.263. The van der Waals surface area contributed by atoms with Crippen molar-refractivity contribution >= 4 is 11.8 Å². The van der Waals surface area contributed by atoms with E-state index in [1.54, 1.807) is 11.8 Å². The Labute approximate surface area is 141 Å². The maximum absolute atomic E-state index is 5.80. The zero-order chi connectivity index (χ0) is 16.4. The molecule has 0 spiro atoms. The predicted octanol–water partition coefficient (Wildman–Crippen LogP) is 5.26. The molecule has 1 aromatic heterocycles. The number of hydrogen-bond acceptors (Lipinski definition) is 4. The molecule has 0 atom stereocenters. The lowest BCUT2D eigenvalue weighted by Gasteiger charge is -2.04. The van der Waals surface area contributed by atoms with Crippen molar-refractivity contribution in [3.63, 3.8) is 0 Å². The van der Waals surface area contributed by atoms with Gasteiger partial charge in [0.25, 0.3) is 5.22 Å². The quantitative estimate of drug-likeness (QED) is 0.613. The van der Waals surface area contributed by atoms with E-state index in [1.807, 2.05) is 6.07 Å². The Bertz CT molecular complexity index is 839. The number of nitrogens with zero attached hydrogens (tertiary/aromatic N) is 2. The van der Waals surface area contributed by atoms with Gasteiger partial charge in [-0.1, -0.05) is 41.6 Å². The van der Waals surface area contributed by atoms with E-state index in [4.69, 9.17) is 4.42 Å². The Hall–Kier alpha value is -2.07. The van der Waals surface area contributed by atoms with E-state index in [2.05, 4.69) is 68.2 Å². The first-order valence-electron chi connectivity index (χ1n) is 7.63. The van der Waals surface area contributed by atoms with Gasteiger partial charge in [0.1, 0.15) is 0 Å². The third kappa shape index (κ3) is 3.64. The van der Waals surface area contributed by atoms with Crippen LogP contribution in [0.3, 0.4) is 0 Å². The van der Waals surface area contributed by atoms with Crippen molar-refractivity contribution in [3.05, 3.63) is 64.2 Å². The van der Waals surface area contributed by atoms with E-state index < -0.39 is 0 Å².